The van der Waals surface area contributed by atoms with Gasteiger partial charge in [0.05, 0.1) is 5.56 Å². The number of alkyl halides is 2. The van der Waals surface area contributed by atoms with Crippen molar-refractivity contribution in [1.29, 1.82) is 5.26 Å². The zero-order chi connectivity index (χ0) is 19.1. The van der Waals surface area contributed by atoms with Gasteiger partial charge in [0.15, 0.2) is 0 Å². The van der Waals surface area contributed by atoms with Crippen LogP contribution in [0.25, 0.3) is 6.08 Å². The van der Waals surface area contributed by atoms with E-state index in [1.54, 1.807) is 6.07 Å². The minimum absolute atomic E-state index is 0.0429. The maximum Gasteiger partial charge on any atom is 0.387 e. The van der Waals surface area contributed by atoms with Crippen LogP contribution in [-0.4, -0.2) is 23.6 Å². The molecule has 0 heterocycles. The monoisotopic (exact) mass is 358 g/mol. The molecule has 1 amide bonds. The predicted molar refractivity (Wildman–Crippen MR) is 88.7 cm³/mol. The lowest BCUT2D eigenvalue weighted by atomic mass is 10.1. The molecule has 0 saturated carbocycles. The normalized spacial score (nSPS) is 10.9. The number of carboxylic acids is 1. The first-order valence-electron chi connectivity index (χ1n) is 7.20. The fourth-order valence-electron chi connectivity index (χ4n) is 1.96. The Morgan fingerprint density at radius 2 is 1.73 bits per heavy atom. The van der Waals surface area contributed by atoms with E-state index in [1.807, 2.05) is 0 Å². The van der Waals surface area contributed by atoms with Gasteiger partial charge < -0.3 is 15.2 Å². The molecular weight excluding hydrogens is 346 g/mol. The second-order valence-electron chi connectivity index (χ2n) is 4.95. The quantitative estimate of drug-likeness (QED) is 0.608. The topological polar surface area (TPSA) is 99.4 Å². The Balaban J connectivity index is 2.11. The van der Waals surface area contributed by atoms with Crippen LogP contribution in [0.15, 0.2) is 54.1 Å². The van der Waals surface area contributed by atoms with Crippen LogP contribution in [0.5, 0.6) is 5.75 Å². The van der Waals surface area contributed by atoms with Gasteiger partial charge in [-0.05, 0) is 48.0 Å². The molecule has 0 aliphatic carbocycles. The molecule has 2 N–H and O–H groups in total. The number of hydrogen-bond donors (Lipinski definition) is 2. The van der Waals surface area contributed by atoms with Gasteiger partial charge in [-0.1, -0.05) is 12.1 Å². The van der Waals surface area contributed by atoms with Gasteiger partial charge in [-0.25, -0.2) is 4.79 Å². The number of aromatic carboxylic acids is 1. The number of anilines is 1. The Labute approximate surface area is 146 Å². The first kappa shape index (κ1) is 18.6. The number of carbonyl (C=O) groups excluding carboxylic acids is 1. The van der Waals surface area contributed by atoms with Crippen molar-refractivity contribution in [3.05, 3.63) is 65.2 Å². The number of nitrogens with zero attached hydrogens (tertiary/aromatic N) is 1. The largest absolute Gasteiger partial charge is 0.478 e. The predicted octanol–water partition coefficient (Wildman–Crippen LogP) is 3.53. The summed E-state index contributed by atoms with van der Waals surface area (Å²) in [5.41, 5.74) is 0.612. The van der Waals surface area contributed by atoms with E-state index >= 15 is 0 Å². The molecule has 26 heavy (non-hydrogen) atoms. The summed E-state index contributed by atoms with van der Waals surface area (Å²) in [7, 11) is 0. The number of ether oxygens (including phenoxy) is 1. The van der Waals surface area contributed by atoms with Crippen LogP contribution in [-0.2, 0) is 4.79 Å². The standard InChI is InChI=1S/C18H12F2N2O4/c19-18(20)26-15-7-1-11(2-8-15)9-13(10-21)16(23)22-14-5-3-12(4-6-14)17(24)25/h1-9,18H,(H,22,23)(H,24,25)/b13-9-. The number of benzene rings is 2. The van der Waals surface area contributed by atoms with Gasteiger partial charge in [0.25, 0.3) is 5.91 Å². The smallest absolute Gasteiger partial charge is 0.387 e. The Morgan fingerprint density at radius 3 is 2.23 bits per heavy atom. The van der Waals surface area contributed by atoms with Gasteiger partial charge in [0, 0.05) is 5.69 Å². The molecule has 0 aliphatic heterocycles. The van der Waals surface area contributed by atoms with Gasteiger partial charge >= 0.3 is 12.6 Å². The van der Waals surface area contributed by atoms with Crippen LogP contribution in [0.3, 0.4) is 0 Å². The number of nitriles is 1. The minimum atomic E-state index is -2.94. The number of hydrogen-bond acceptors (Lipinski definition) is 4. The van der Waals surface area contributed by atoms with Crippen LogP contribution >= 0.6 is 0 Å². The highest BCUT2D eigenvalue weighted by atomic mass is 19.3. The van der Waals surface area contributed by atoms with Crippen LogP contribution in [0, 0.1) is 11.3 Å². The number of carboxylic acid groups (broad SMARTS) is 1. The average Bonchev–Trinajstić information content (AvgIpc) is 2.61. The number of amides is 1. The molecule has 0 unspecified atom stereocenters. The second-order valence-corrected chi connectivity index (χ2v) is 4.95. The summed E-state index contributed by atoms with van der Waals surface area (Å²) in [4.78, 5) is 22.9. The van der Waals surface area contributed by atoms with Crippen molar-refractivity contribution in [3.63, 3.8) is 0 Å². The Morgan fingerprint density at radius 1 is 1.12 bits per heavy atom. The van der Waals surface area contributed by atoms with E-state index < -0.39 is 18.5 Å². The number of carbonyl (C=O) groups is 2. The molecule has 0 aromatic heterocycles. The first-order chi connectivity index (χ1) is 12.4. The van der Waals surface area contributed by atoms with E-state index in [2.05, 4.69) is 10.1 Å². The average molecular weight is 358 g/mol. The molecular formula is C18H12F2N2O4. The SMILES string of the molecule is N#C/C(=C/c1ccc(OC(F)F)cc1)C(=O)Nc1ccc(C(=O)O)cc1. The summed E-state index contributed by atoms with van der Waals surface area (Å²) in [6.45, 7) is -2.94. The van der Waals surface area contributed by atoms with Crippen molar-refractivity contribution >= 4 is 23.6 Å². The van der Waals surface area contributed by atoms with Crippen molar-refractivity contribution in [3.8, 4) is 11.8 Å². The molecule has 2 aromatic carbocycles. The highest BCUT2D eigenvalue weighted by Gasteiger charge is 2.11. The molecule has 0 bridgehead atoms. The minimum Gasteiger partial charge on any atom is -0.478 e. The lowest BCUT2D eigenvalue weighted by Gasteiger charge is -2.06. The van der Waals surface area contributed by atoms with Gasteiger partial charge in [-0.3, -0.25) is 4.79 Å². The Bertz CT molecular complexity index is 870. The number of nitrogens with one attached hydrogen (secondary N) is 1. The molecule has 0 saturated heterocycles. The van der Waals surface area contributed by atoms with Crippen LogP contribution in [0.4, 0.5) is 14.5 Å². The molecule has 2 rings (SSSR count). The van der Waals surface area contributed by atoms with E-state index in [0.717, 1.165) is 0 Å². The van der Waals surface area contributed by atoms with Crippen LogP contribution in [0.2, 0.25) is 0 Å². The van der Waals surface area contributed by atoms with Crippen molar-refractivity contribution in [2.45, 2.75) is 6.61 Å². The second kappa shape index (κ2) is 8.39. The number of halogens is 2. The van der Waals surface area contributed by atoms with Crippen LogP contribution in [0.1, 0.15) is 15.9 Å². The molecule has 0 radical (unpaired) electrons. The summed E-state index contributed by atoms with van der Waals surface area (Å²) in [6, 6.07) is 12.6. The molecule has 2 aromatic rings. The Kier molecular flexibility index (Phi) is 6.01. The number of rotatable bonds is 6. The summed E-state index contributed by atoms with van der Waals surface area (Å²) < 4.78 is 28.4. The van der Waals surface area contributed by atoms with E-state index in [0.29, 0.717) is 11.3 Å². The summed E-state index contributed by atoms with van der Waals surface area (Å²) in [5, 5.41) is 20.4. The molecule has 6 nitrogen and oxygen atoms in total. The van der Waals surface area contributed by atoms with Crippen molar-refractivity contribution in [2.24, 2.45) is 0 Å². The van der Waals surface area contributed by atoms with Crippen molar-refractivity contribution in [1.82, 2.24) is 0 Å². The highest BCUT2D eigenvalue weighted by molar-refractivity contribution is 6.09. The first-order valence-corrected chi connectivity index (χ1v) is 7.20. The summed E-state index contributed by atoms with van der Waals surface area (Å²) >= 11 is 0. The van der Waals surface area contributed by atoms with Crippen LogP contribution < -0.4 is 10.1 Å². The molecule has 0 spiro atoms. The van der Waals surface area contributed by atoms with Gasteiger partial charge in [-0.15, -0.1) is 0 Å². The summed E-state index contributed by atoms with van der Waals surface area (Å²) in [5.74, 6) is -1.83. The molecule has 0 aliphatic rings. The zero-order valence-electron chi connectivity index (χ0n) is 13.1. The van der Waals surface area contributed by atoms with Crippen molar-refractivity contribution < 1.29 is 28.2 Å². The van der Waals surface area contributed by atoms with E-state index in [-0.39, 0.29) is 16.9 Å². The lowest BCUT2D eigenvalue weighted by Crippen LogP contribution is -2.13. The highest BCUT2D eigenvalue weighted by Crippen LogP contribution is 2.17. The van der Waals surface area contributed by atoms with E-state index in [4.69, 9.17) is 10.4 Å². The third-order valence-corrected chi connectivity index (χ3v) is 3.17. The van der Waals surface area contributed by atoms with E-state index in [9.17, 15) is 18.4 Å². The van der Waals surface area contributed by atoms with Crippen molar-refractivity contribution in [2.75, 3.05) is 5.32 Å². The lowest BCUT2D eigenvalue weighted by molar-refractivity contribution is -0.112. The fraction of sp³-hybridized carbons (Fsp3) is 0.0556. The molecule has 8 heteroatoms. The molecule has 0 atom stereocenters. The van der Waals surface area contributed by atoms with Gasteiger partial charge in [0.2, 0.25) is 0 Å². The Hall–Kier alpha value is -3.73. The molecule has 0 fully saturated rings. The third-order valence-electron chi connectivity index (χ3n) is 3.17. The maximum absolute atomic E-state index is 12.1. The fourth-order valence-corrected chi connectivity index (χ4v) is 1.96. The third kappa shape index (κ3) is 5.14. The van der Waals surface area contributed by atoms with Gasteiger partial charge in [0.1, 0.15) is 17.4 Å². The van der Waals surface area contributed by atoms with Gasteiger partial charge in [-0.2, -0.15) is 14.0 Å². The maximum atomic E-state index is 12.1. The van der Waals surface area contributed by atoms with E-state index in [1.165, 1.54) is 54.6 Å². The summed E-state index contributed by atoms with van der Waals surface area (Å²) in [6.07, 6.45) is 1.28. The molecule has 132 valence electrons. The zero-order valence-corrected chi connectivity index (χ0v) is 13.1.